The topological polar surface area (TPSA) is 101 Å². The summed E-state index contributed by atoms with van der Waals surface area (Å²) in [5.74, 6) is 0. The minimum atomic E-state index is 0. The fraction of sp³-hybridized carbons (Fsp3) is 1.00. The lowest BCUT2D eigenvalue weighted by atomic mass is 10.9. The van der Waals surface area contributed by atoms with Gasteiger partial charge in [0.1, 0.15) is 0 Å². The molecular formula is C10H34O5Si. The predicted octanol–water partition coefficient (Wildman–Crippen LogP) is -1.46. The van der Waals surface area contributed by atoms with Crippen molar-refractivity contribution in [1.29, 1.82) is 0 Å². The first-order valence-electron chi connectivity index (χ1n) is 5.12. The van der Waals surface area contributed by atoms with E-state index in [9.17, 15) is 0 Å². The van der Waals surface area contributed by atoms with Crippen LogP contribution in [0.25, 0.3) is 0 Å². The van der Waals surface area contributed by atoms with Crippen LogP contribution in [-0.2, 0) is 0 Å². The van der Waals surface area contributed by atoms with E-state index < -0.39 is 0 Å². The third-order valence-corrected chi connectivity index (χ3v) is 0. The molecule has 5 nitrogen and oxygen atoms in total. The molecule has 0 spiro atoms. The Kier molecular flexibility index (Phi) is 264. The molecule has 0 radical (unpaired) electrons. The number of rotatable bonds is 0. The van der Waals surface area contributed by atoms with Gasteiger partial charge in [-0.25, -0.2) is 0 Å². The maximum Gasteiger partial charge on any atom is 0.0402 e. The highest BCUT2D eigenvalue weighted by atomic mass is 28.1. The zero-order chi connectivity index (χ0) is 13.5. The Morgan fingerprint density at radius 1 is 0.438 bits per heavy atom. The molecule has 0 rings (SSSR count). The van der Waals surface area contributed by atoms with Crippen LogP contribution in [0, 0.1) is 0 Å². The summed E-state index contributed by atoms with van der Waals surface area (Å²) in [5, 5.41) is 37.8. The average Bonchev–Trinajstić information content (AvgIpc) is 2.09. The fourth-order valence-electron chi connectivity index (χ4n) is 0. The van der Waals surface area contributed by atoms with Gasteiger partial charge in [-0.15, -0.1) is 0 Å². The van der Waals surface area contributed by atoms with E-state index in [1.54, 1.807) is 34.6 Å². The number of aliphatic hydroxyl groups is 5. The van der Waals surface area contributed by atoms with Gasteiger partial charge in [-0.1, -0.05) is 0 Å². The molecule has 108 valence electrons. The van der Waals surface area contributed by atoms with Crippen molar-refractivity contribution in [3.8, 4) is 0 Å². The summed E-state index contributed by atoms with van der Waals surface area (Å²) in [6.07, 6.45) is 0. The molecule has 0 amide bonds. The van der Waals surface area contributed by atoms with Gasteiger partial charge in [-0.2, -0.15) is 0 Å². The molecule has 16 heavy (non-hydrogen) atoms. The van der Waals surface area contributed by atoms with E-state index in [0.717, 1.165) is 0 Å². The molecule has 0 aromatic carbocycles. The van der Waals surface area contributed by atoms with Crippen LogP contribution in [0.2, 0.25) is 0 Å². The van der Waals surface area contributed by atoms with Gasteiger partial charge in [0.25, 0.3) is 0 Å². The minimum Gasteiger partial charge on any atom is -0.397 e. The molecule has 0 atom stereocenters. The molecule has 0 aromatic rings. The summed E-state index contributed by atoms with van der Waals surface area (Å²) < 4.78 is 0. The van der Waals surface area contributed by atoms with Crippen LogP contribution in [0.3, 0.4) is 0 Å². The van der Waals surface area contributed by atoms with E-state index in [2.05, 4.69) is 0 Å². The van der Waals surface area contributed by atoms with E-state index in [1.165, 1.54) is 0 Å². The molecule has 0 aromatic heterocycles. The van der Waals surface area contributed by atoms with Crippen LogP contribution in [0.1, 0.15) is 34.6 Å². The molecule has 0 bridgehead atoms. The summed E-state index contributed by atoms with van der Waals surface area (Å²) in [6.45, 7) is 9.65. The van der Waals surface area contributed by atoms with Crippen molar-refractivity contribution in [2.24, 2.45) is 0 Å². The van der Waals surface area contributed by atoms with Crippen molar-refractivity contribution in [2.45, 2.75) is 34.6 Å². The number of aliphatic hydroxyl groups excluding tert-OH is 5. The molecule has 0 saturated heterocycles. The van der Waals surface area contributed by atoms with E-state index in [0.29, 0.717) is 0 Å². The SMILES string of the molecule is CCO.CCO.CCO.CCO.CCO.[SiH4]. The van der Waals surface area contributed by atoms with Crippen LogP contribution in [0.4, 0.5) is 0 Å². The quantitative estimate of drug-likeness (QED) is 0.344. The molecule has 6 heteroatoms. The molecule has 0 fully saturated rings. The summed E-state index contributed by atoms with van der Waals surface area (Å²) in [7, 11) is 0. The third-order valence-electron chi connectivity index (χ3n) is 0. The van der Waals surface area contributed by atoms with Crippen molar-refractivity contribution in [3.05, 3.63) is 0 Å². The Hall–Kier alpha value is 0.0169. The van der Waals surface area contributed by atoms with Gasteiger partial charge >= 0.3 is 0 Å². The Labute approximate surface area is 105 Å². The fourth-order valence-corrected chi connectivity index (χ4v) is 0. The first-order valence-corrected chi connectivity index (χ1v) is 5.12. The van der Waals surface area contributed by atoms with Crippen molar-refractivity contribution in [2.75, 3.05) is 33.0 Å². The average molecular weight is 262 g/mol. The van der Waals surface area contributed by atoms with Gasteiger partial charge < -0.3 is 25.5 Å². The second kappa shape index (κ2) is 117. The van der Waals surface area contributed by atoms with Gasteiger partial charge in [0.05, 0.1) is 0 Å². The van der Waals surface area contributed by atoms with Crippen LogP contribution >= 0.6 is 0 Å². The Morgan fingerprint density at radius 3 is 0.438 bits per heavy atom. The summed E-state index contributed by atoms with van der Waals surface area (Å²) in [4.78, 5) is 0. The third kappa shape index (κ3) is 8330000. The van der Waals surface area contributed by atoms with Gasteiger partial charge in [-0.05, 0) is 45.6 Å². The van der Waals surface area contributed by atoms with E-state index in [1.807, 2.05) is 0 Å². The molecule has 0 unspecified atom stereocenters. The summed E-state index contributed by atoms with van der Waals surface area (Å²) in [5.41, 5.74) is 0. The van der Waals surface area contributed by atoms with Crippen molar-refractivity contribution >= 4 is 11.0 Å². The second-order valence-corrected chi connectivity index (χ2v) is 1.58. The highest BCUT2D eigenvalue weighted by Gasteiger charge is 1.35. The lowest BCUT2D eigenvalue weighted by molar-refractivity contribution is 0.318. The largest absolute Gasteiger partial charge is 0.397 e. The Bertz CT molecular complexity index is 30.8. The molecule has 0 aliphatic heterocycles. The molecule has 0 aliphatic rings. The Balaban J connectivity index is -0.0000000192. The van der Waals surface area contributed by atoms with Gasteiger partial charge in [0, 0.05) is 33.0 Å². The van der Waals surface area contributed by atoms with Crippen LogP contribution in [0.5, 0.6) is 0 Å². The lowest BCUT2D eigenvalue weighted by Crippen LogP contribution is -1.57. The first kappa shape index (κ1) is 36.0. The van der Waals surface area contributed by atoms with Crippen molar-refractivity contribution in [3.63, 3.8) is 0 Å². The van der Waals surface area contributed by atoms with Crippen molar-refractivity contribution in [1.82, 2.24) is 0 Å². The van der Waals surface area contributed by atoms with Crippen LogP contribution in [0.15, 0.2) is 0 Å². The molecule has 5 N–H and O–H groups in total. The monoisotopic (exact) mass is 262 g/mol. The maximum atomic E-state index is 7.57. The molecule has 0 aliphatic carbocycles. The number of hydrogen-bond donors (Lipinski definition) is 5. The van der Waals surface area contributed by atoms with E-state index in [4.69, 9.17) is 25.5 Å². The van der Waals surface area contributed by atoms with Crippen molar-refractivity contribution < 1.29 is 25.5 Å². The predicted molar refractivity (Wildman–Crippen MR) is 75.1 cm³/mol. The number of hydrogen-bond acceptors (Lipinski definition) is 5. The molecular weight excluding hydrogens is 228 g/mol. The van der Waals surface area contributed by atoms with E-state index >= 15 is 0 Å². The summed E-state index contributed by atoms with van der Waals surface area (Å²) >= 11 is 0. The molecule has 0 saturated carbocycles. The normalized spacial score (nSPS) is 5.62. The lowest BCUT2D eigenvalue weighted by Gasteiger charge is -1.52. The highest BCUT2D eigenvalue weighted by molar-refractivity contribution is 5.75. The first-order chi connectivity index (χ1) is 7.07. The maximum absolute atomic E-state index is 7.57. The molecule has 0 heterocycles. The highest BCUT2D eigenvalue weighted by Crippen LogP contribution is 1.31. The standard InChI is InChI=1S/5C2H6O.H4Si/c5*1-2-3;/h5*3H,2H2,1H3;1H4. The zero-order valence-corrected chi connectivity index (χ0v) is 10.8. The summed E-state index contributed by atoms with van der Waals surface area (Å²) in [6, 6.07) is 0. The van der Waals surface area contributed by atoms with Crippen LogP contribution in [-0.4, -0.2) is 69.5 Å². The van der Waals surface area contributed by atoms with Gasteiger partial charge in [-0.3, -0.25) is 0 Å². The minimum absolute atomic E-state index is 0. The van der Waals surface area contributed by atoms with Crippen LogP contribution < -0.4 is 0 Å². The van der Waals surface area contributed by atoms with E-state index in [-0.39, 0.29) is 44.0 Å². The van der Waals surface area contributed by atoms with Gasteiger partial charge in [0.15, 0.2) is 0 Å². The second-order valence-electron chi connectivity index (χ2n) is 1.58. The Morgan fingerprint density at radius 2 is 0.438 bits per heavy atom. The van der Waals surface area contributed by atoms with Gasteiger partial charge in [0.2, 0.25) is 0 Å². The zero-order valence-electron chi connectivity index (χ0n) is 10.8. The smallest absolute Gasteiger partial charge is 0.0402 e.